The molecule has 0 aliphatic heterocycles. The second kappa shape index (κ2) is 7.20. The van der Waals surface area contributed by atoms with Crippen molar-refractivity contribution in [3.05, 3.63) is 90.1 Å². The highest BCUT2D eigenvalue weighted by atomic mass is 32.1. The van der Waals surface area contributed by atoms with Gasteiger partial charge in [0.1, 0.15) is 5.01 Å². The summed E-state index contributed by atoms with van der Waals surface area (Å²) in [6.07, 6.45) is 5.51. The van der Waals surface area contributed by atoms with E-state index in [1.54, 1.807) is 17.5 Å². The molecule has 2 aromatic carbocycles. The van der Waals surface area contributed by atoms with Crippen LogP contribution in [0.3, 0.4) is 0 Å². The summed E-state index contributed by atoms with van der Waals surface area (Å²) in [7, 11) is 0. The molecule has 2 aromatic heterocycles. The van der Waals surface area contributed by atoms with E-state index in [1.807, 2.05) is 73.1 Å². The van der Waals surface area contributed by atoms with Crippen LogP contribution in [0.2, 0.25) is 0 Å². The van der Waals surface area contributed by atoms with E-state index in [4.69, 9.17) is 4.98 Å². The molecule has 0 N–H and O–H groups in total. The Bertz CT molecular complexity index is 978. The van der Waals surface area contributed by atoms with Gasteiger partial charge >= 0.3 is 0 Å². The highest BCUT2D eigenvalue weighted by Gasteiger charge is 2.13. The quantitative estimate of drug-likeness (QED) is 0.452. The minimum Gasteiger partial charge on any atom is -0.264 e. The fourth-order valence-corrected chi connectivity index (χ4v) is 3.43. The van der Waals surface area contributed by atoms with Gasteiger partial charge in [0.15, 0.2) is 0 Å². The van der Waals surface area contributed by atoms with Crippen molar-refractivity contribution in [1.29, 1.82) is 0 Å². The summed E-state index contributed by atoms with van der Waals surface area (Å²) in [5.41, 5.74) is 3.98. The summed E-state index contributed by atoms with van der Waals surface area (Å²) < 4.78 is 0. The lowest BCUT2D eigenvalue weighted by molar-refractivity contribution is 1.31. The molecule has 4 aromatic rings. The maximum Gasteiger partial charge on any atom is 0.126 e. The molecule has 0 saturated carbocycles. The number of thiazole rings is 1. The Morgan fingerprint density at radius 3 is 2.24 bits per heavy atom. The van der Waals surface area contributed by atoms with Crippen LogP contribution in [0.5, 0.6) is 0 Å². The highest BCUT2D eigenvalue weighted by Crippen LogP contribution is 2.32. The van der Waals surface area contributed by atoms with E-state index in [-0.39, 0.29) is 0 Å². The van der Waals surface area contributed by atoms with Gasteiger partial charge < -0.3 is 0 Å². The van der Waals surface area contributed by atoms with E-state index < -0.39 is 0 Å². The minimum absolute atomic E-state index is 0.929. The maximum atomic E-state index is 4.85. The van der Waals surface area contributed by atoms with Crippen molar-refractivity contribution in [3.8, 4) is 21.8 Å². The molecular weight excluding hydrogens is 326 g/mol. The SMILES string of the molecule is C(=Nc1ccccc1)c1sc(-c2cccnc2)nc1-c1ccccc1. The van der Waals surface area contributed by atoms with E-state index in [9.17, 15) is 0 Å². The van der Waals surface area contributed by atoms with Crippen LogP contribution >= 0.6 is 11.3 Å². The topological polar surface area (TPSA) is 38.1 Å². The Morgan fingerprint density at radius 1 is 0.800 bits per heavy atom. The number of hydrogen-bond donors (Lipinski definition) is 0. The molecule has 0 bridgehead atoms. The zero-order valence-electron chi connectivity index (χ0n) is 13.4. The molecule has 4 rings (SSSR count). The Balaban J connectivity index is 1.78. The Morgan fingerprint density at radius 2 is 1.52 bits per heavy atom. The molecule has 0 fully saturated rings. The Hall–Kier alpha value is -3.11. The zero-order chi connectivity index (χ0) is 16.9. The van der Waals surface area contributed by atoms with Gasteiger partial charge in [-0.2, -0.15) is 0 Å². The lowest BCUT2D eigenvalue weighted by atomic mass is 10.1. The first kappa shape index (κ1) is 15.4. The largest absolute Gasteiger partial charge is 0.264 e. The highest BCUT2D eigenvalue weighted by molar-refractivity contribution is 7.17. The van der Waals surface area contributed by atoms with Crippen molar-refractivity contribution in [2.75, 3.05) is 0 Å². The minimum atomic E-state index is 0.929. The monoisotopic (exact) mass is 341 g/mol. The van der Waals surface area contributed by atoms with Crippen molar-refractivity contribution in [1.82, 2.24) is 9.97 Å². The summed E-state index contributed by atoms with van der Waals surface area (Å²) in [4.78, 5) is 14.7. The molecule has 4 heteroatoms. The fourth-order valence-electron chi connectivity index (χ4n) is 2.48. The zero-order valence-corrected chi connectivity index (χ0v) is 14.2. The number of hydrogen-bond acceptors (Lipinski definition) is 4. The number of para-hydroxylation sites is 1. The Labute approximate surface area is 150 Å². The third-order valence-electron chi connectivity index (χ3n) is 3.70. The number of benzene rings is 2. The molecule has 0 spiro atoms. The summed E-state index contributed by atoms with van der Waals surface area (Å²) >= 11 is 1.63. The smallest absolute Gasteiger partial charge is 0.126 e. The van der Waals surface area contributed by atoms with E-state index in [0.29, 0.717) is 0 Å². The van der Waals surface area contributed by atoms with Gasteiger partial charge in [-0.25, -0.2) is 4.98 Å². The van der Waals surface area contributed by atoms with Gasteiger partial charge in [-0.05, 0) is 24.3 Å². The van der Waals surface area contributed by atoms with E-state index >= 15 is 0 Å². The van der Waals surface area contributed by atoms with Crippen molar-refractivity contribution in [2.45, 2.75) is 0 Å². The fraction of sp³-hybridized carbons (Fsp3) is 0. The summed E-state index contributed by atoms with van der Waals surface area (Å²) in [6.45, 7) is 0. The molecule has 0 unspecified atom stereocenters. The lowest BCUT2D eigenvalue weighted by Crippen LogP contribution is -1.84. The van der Waals surface area contributed by atoms with Crippen LogP contribution in [0.15, 0.2) is 90.2 Å². The van der Waals surface area contributed by atoms with Crippen LogP contribution < -0.4 is 0 Å². The first-order valence-electron chi connectivity index (χ1n) is 7.96. The summed E-state index contributed by atoms with van der Waals surface area (Å²) in [5, 5.41) is 0.946. The van der Waals surface area contributed by atoms with Crippen molar-refractivity contribution < 1.29 is 0 Å². The van der Waals surface area contributed by atoms with Crippen LogP contribution in [0.1, 0.15) is 4.88 Å². The molecule has 120 valence electrons. The number of rotatable bonds is 4. The average molecular weight is 341 g/mol. The van der Waals surface area contributed by atoms with Crippen LogP contribution in [0.25, 0.3) is 21.8 Å². The second-order valence-electron chi connectivity index (χ2n) is 5.43. The summed E-state index contributed by atoms with van der Waals surface area (Å²) in [6, 6.07) is 24.1. The molecule has 0 atom stereocenters. The molecule has 0 radical (unpaired) electrons. The van der Waals surface area contributed by atoms with Crippen molar-refractivity contribution in [3.63, 3.8) is 0 Å². The molecule has 0 amide bonds. The third-order valence-corrected chi connectivity index (χ3v) is 4.74. The number of pyridine rings is 1. The third kappa shape index (κ3) is 3.54. The maximum absolute atomic E-state index is 4.85. The van der Waals surface area contributed by atoms with Gasteiger partial charge in [-0.3, -0.25) is 9.98 Å². The second-order valence-corrected chi connectivity index (χ2v) is 6.46. The predicted molar refractivity (Wildman–Crippen MR) is 104 cm³/mol. The first-order chi connectivity index (χ1) is 12.4. The van der Waals surface area contributed by atoms with Crippen molar-refractivity contribution in [2.24, 2.45) is 4.99 Å². The van der Waals surface area contributed by atoms with E-state index in [2.05, 4.69) is 22.1 Å². The Kier molecular flexibility index (Phi) is 4.44. The number of aliphatic imine (C=N–C) groups is 1. The molecule has 25 heavy (non-hydrogen) atoms. The van der Waals surface area contributed by atoms with Gasteiger partial charge in [-0.15, -0.1) is 11.3 Å². The normalized spacial score (nSPS) is 11.0. The lowest BCUT2D eigenvalue weighted by Gasteiger charge is -1.98. The molecule has 0 aliphatic carbocycles. The molecule has 0 aliphatic rings. The van der Waals surface area contributed by atoms with Crippen LogP contribution in [-0.4, -0.2) is 16.2 Å². The first-order valence-corrected chi connectivity index (χ1v) is 8.77. The van der Waals surface area contributed by atoms with Crippen LogP contribution in [0, 0.1) is 0 Å². The number of nitrogens with zero attached hydrogens (tertiary/aromatic N) is 3. The van der Waals surface area contributed by atoms with Gasteiger partial charge in [0.2, 0.25) is 0 Å². The van der Waals surface area contributed by atoms with Crippen molar-refractivity contribution >= 4 is 23.2 Å². The van der Waals surface area contributed by atoms with Gasteiger partial charge in [0.25, 0.3) is 0 Å². The summed E-state index contributed by atoms with van der Waals surface area (Å²) in [5.74, 6) is 0. The van der Waals surface area contributed by atoms with Gasteiger partial charge in [0, 0.05) is 29.7 Å². The molecular formula is C21H15N3S. The van der Waals surface area contributed by atoms with Gasteiger partial charge in [-0.1, -0.05) is 48.5 Å². The van der Waals surface area contributed by atoms with Gasteiger partial charge in [0.05, 0.1) is 16.3 Å². The molecule has 3 nitrogen and oxygen atoms in total. The predicted octanol–water partition coefficient (Wildman–Crippen LogP) is 5.62. The standard InChI is InChI=1S/C21H15N3S/c1-3-8-16(9-4-1)20-19(15-23-18-11-5-2-6-12-18)25-21(24-20)17-10-7-13-22-14-17/h1-15H. The average Bonchev–Trinajstić information content (AvgIpc) is 3.13. The van der Waals surface area contributed by atoms with E-state index in [1.165, 1.54) is 0 Å². The molecule has 2 heterocycles. The molecule has 0 saturated heterocycles. The van der Waals surface area contributed by atoms with E-state index in [0.717, 1.165) is 32.4 Å². The number of aromatic nitrogens is 2. The van der Waals surface area contributed by atoms with Crippen LogP contribution in [-0.2, 0) is 0 Å². The van der Waals surface area contributed by atoms with Crippen LogP contribution in [0.4, 0.5) is 5.69 Å².